The Morgan fingerprint density at radius 1 is 1.53 bits per heavy atom. The van der Waals surface area contributed by atoms with Crippen LogP contribution >= 0.6 is 11.8 Å². The normalized spacial score (nSPS) is 11.4. The van der Waals surface area contributed by atoms with E-state index in [2.05, 4.69) is 5.16 Å². The first-order chi connectivity index (χ1) is 8.15. The summed E-state index contributed by atoms with van der Waals surface area (Å²) < 4.78 is 0. The van der Waals surface area contributed by atoms with Crippen LogP contribution in [0.5, 0.6) is 0 Å². The molecule has 3 N–H and O–H groups in total. The number of benzene rings is 1. The summed E-state index contributed by atoms with van der Waals surface area (Å²) in [6.07, 6.45) is 1.18. The number of oxime groups is 1. The lowest BCUT2D eigenvalue weighted by Crippen LogP contribution is -2.11. The molecule has 0 spiro atoms. The van der Waals surface area contributed by atoms with Gasteiger partial charge in [0.15, 0.2) is 0 Å². The number of amidine groups is 1. The van der Waals surface area contributed by atoms with Gasteiger partial charge in [-0.3, -0.25) is 10.1 Å². The average Bonchev–Trinajstić information content (AvgIpc) is 2.34. The minimum Gasteiger partial charge on any atom is -0.409 e. The number of hydrogen-bond acceptors (Lipinski definition) is 5. The summed E-state index contributed by atoms with van der Waals surface area (Å²) in [4.78, 5) is 11.0. The number of nitrogens with zero attached hydrogens (tertiary/aromatic N) is 2. The fraction of sp³-hybridized carbons (Fsp3) is 0.300. The van der Waals surface area contributed by atoms with Crippen molar-refractivity contribution in [3.63, 3.8) is 0 Å². The van der Waals surface area contributed by atoms with Crippen molar-refractivity contribution in [3.05, 3.63) is 34.4 Å². The van der Waals surface area contributed by atoms with E-state index >= 15 is 0 Å². The fourth-order valence-corrected chi connectivity index (χ4v) is 2.19. The van der Waals surface area contributed by atoms with Gasteiger partial charge in [0.05, 0.1) is 9.82 Å². The SMILES string of the molecule is N/C(CCCSc1ccccc1[N+](=O)[O-])=N\O. The van der Waals surface area contributed by atoms with Crippen LogP contribution in [0.25, 0.3) is 0 Å². The molecular formula is C10H13N3O3S. The number of para-hydroxylation sites is 1. The second kappa shape index (κ2) is 6.74. The van der Waals surface area contributed by atoms with Gasteiger partial charge < -0.3 is 10.9 Å². The maximum absolute atomic E-state index is 10.7. The summed E-state index contributed by atoms with van der Waals surface area (Å²) in [6, 6.07) is 6.59. The number of rotatable bonds is 6. The zero-order chi connectivity index (χ0) is 12.7. The van der Waals surface area contributed by atoms with Crippen LogP contribution in [0.2, 0.25) is 0 Å². The second-order valence-electron chi connectivity index (χ2n) is 3.27. The monoisotopic (exact) mass is 255 g/mol. The first-order valence-electron chi connectivity index (χ1n) is 4.97. The van der Waals surface area contributed by atoms with Crippen molar-refractivity contribution in [3.8, 4) is 0 Å². The molecule has 92 valence electrons. The van der Waals surface area contributed by atoms with E-state index < -0.39 is 4.92 Å². The first kappa shape index (κ1) is 13.3. The first-order valence-corrected chi connectivity index (χ1v) is 5.96. The third-order valence-corrected chi connectivity index (χ3v) is 3.17. The fourth-order valence-electron chi connectivity index (χ4n) is 1.22. The maximum atomic E-state index is 10.7. The van der Waals surface area contributed by atoms with E-state index in [0.717, 1.165) is 0 Å². The van der Waals surface area contributed by atoms with Crippen molar-refractivity contribution < 1.29 is 10.1 Å². The lowest BCUT2D eigenvalue weighted by atomic mass is 10.3. The van der Waals surface area contributed by atoms with Crippen molar-refractivity contribution in [2.24, 2.45) is 10.9 Å². The highest BCUT2D eigenvalue weighted by Gasteiger charge is 2.12. The molecule has 0 saturated heterocycles. The van der Waals surface area contributed by atoms with Crippen molar-refractivity contribution in [2.75, 3.05) is 5.75 Å². The van der Waals surface area contributed by atoms with Gasteiger partial charge in [-0.25, -0.2) is 0 Å². The quantitative estimate of drug-likeness (QED) is 0.154. The van der Waals surface area contributed by atoms with Crippen LogP contribution in [-0.2, 0) is 0 Å². The Bertz CT molecular complexity index is 423. The molecule has 1 aromatic rings. The van der Waals surface area contributed by atoms with E-state index in [9.17, 15) is 10.1 Å². The van der Waals surface area contributed by atoms with Gasteiger partial charge in [-0.1, -0.05) is 17.3 Å². The van der Waals surface area contributed by atoms with Crippen LogP contribution < -0.4 is 5.73 Å². The van der Waals surface area contributed by atoms with Gasteiger partial charge >= 0.3 is 0 Å². The molecule has 1 rings (SSSR count). The summed E-state index contributed by atoms with van der Waals surface area (Å²) in [7, 11) is 0. The van der Waals surface area contributed by atoms with Crippen LogP contribution in [0.15, 0.2) is 34.3 Å². The Hall–Kier alpha value is -1.76. The molecule has 0 aliphatic carbocycles. The Kier molecular flexibility index (Phi) is 5.28. The molecule has 0 radical (unpaired) electrons. The topological polar surface area (TPSA) is 102 Å². The van der Waals surface area contributed by atoms with Crippen molar-refractivity contribution >= 4 is 23.3 Å². The van der Waals surface area contributed by atoms with Gasteiger partial charge in [0, 0.05) is 12.5 Å². The molecule has 0 saturated carbocycles. The predicted molar refractivity (Wildman–Crippen MR) is 66.5 cm³/mol. The van der Waals surface area contributed by atoms with Gasteiger partial charge in [-0.15, -0.1) is 11.8 Å². The third kappa shape index (κ3) is 4.31. The largest absolute Gasteiger partial charge is 0.409 e. The van der Waals surface area contributed by atoms with Crippen molar-refractivity contribution in [2.45, 2.75) is 17.7 Å². The van der Waals surface area contributed by atoms with Gasteiger partial charge in [0.2, 0.25) is 0 Å². The highest BCUT2D eigenvalue weighted by atomic mass is 32.2. The standard InChI is InChI=1S/C10H13N3O3S/c11-10(12-14)6-3-7-17-9-5-2-1-4-8(9)13(15)16/h1-2,4-5,14H,3,6-7H2,(H2,11,12). The summed E-state index contributed by atoms with van der Waals surface area (Å²) >= 11 is 1.39. The molecular weight excluding hydrogens is 242 g/mol. The Morgan fingerprint density at radius 3 is 2.88 bits per heavy atom. The Morgan fingerprint density at radius 2 is 2.24 bits per heavy atom. The van der Waals surface area contributed by atoms with Gasteiger partial charge in [-0.05, 0) is 18.2 Å². The summed E-state index contributed by atoms with van der Waals surface area (Å²) in [5.41, 5.74) is 5.43. The number of nitrogens with two attached hydrogens (primary N) is 1. The molecule has 0 aliphatic rings. The molecule has 0 fully saturated rings. The van der Waals surface area contributed by atoms with Crippen LogP contribution in [0.4, 0.5) is 5.69 Å². The molecule has 0 bridgehead atoms. The van der Waals surface area contributed by atoms with Gasteiger partial charge in [0.25, 0.3) is 5.69 Å². The number of nitro benzene ring substituents is 1. The number of hydrogen-bond donors (Lipinski definition) is 2. The second-order valence-corrected chi connectivity index (χ2v) is 4.40. The van der Waals surface area contributed by atoms with Gasteiger partial charge in [0.1, 0.15) is 5.84 Å². The molecule has 0 heterocycles. The Balaban J connectivity index is 2.49. The average molecular weight is 255 g/mol. The van der Waals surface area contributed by atoms with Crippen LogP contribution in [0.3, 0.4) is 0 Å². The smallest absolute Gasteiger partial charge is 0.282 e. The molecule has 17 heavy (non-hydrogen) atoms. The van der Waals surface area contributed by atoms with E-state index in [-0.39, 0.29) is 11.5 Å². The zero-order valence-electron chi connectivity index (χ0n) is 9.07. The van der Waals surface area contributed by atoms with E-state index in [4.69, 9.17) is 10.9 Å². The van der Waals surface area contributed by atoms with Crippen LogP contribution in [0.1, 0.15) is 12.8 Å². The Labute approximate surface area is 103 Å². The number of nitro groups is 1. The molecule has 0 aromatic heterocycles. The number of thioether (sulfide) groups is 1. The summed E-state index contributed by atoms with van der Waals surface area (Å²) in [5, 5.41) is 21.9. The molecule has 0 amide bonds. The highest BCUT2D eigenvalue weighted by molar-refractivity contribution is 7.99. The molecule has 0 aliphatic heterocycles. The lowest BCUT2D eigenvalue weighted by molar-refractivity contribution is -0.387. The highest BCUT2D eigenvalue weighted by Crippen LogP contribution is 2.29. The molecule has 7 heteroatoms. The van der Waals surface area contributed by atoms with Crippen molar-refractivity contribution in [1.82, 2.24) is 0 Å². The minimum absolute atomic E-state index is 0.112. The van der Waals surface area contributed by atoms with Gasteiger partial charge in [-0.2, -0.15) is 0 Å². The van der Waals surface area contributed by atoms with E-state index in [0.29, 0.717) is 23.5 Å². The van der Waals surface area contributed by atoms with E-state index in [1.165, 1.54) is 17.8 Å². The molecule has 1 aromatic carbocycles. The van der Waals surface area contributed by atoms with Crippen LogP contribution in [-0.4, -0.2) is 21.7 Å². The summed E-state index contributed by atoms with van der Waals surface area (Å²) in [5.74, 6) is 0.856. The molecule has 0 atom stereocenters. The third-order valence-electron chi connectivity index (χ3n) is 2.03. The maximum Gasteiger partial charge on any atom is 0.282 e. The molecule has 6 nitrogen and oxygen atoms in total. The summed E-state index contributed by atoms with van der Waals surface area (Å²) in [6.45, 7) is 0. The zero-order valence-corrected chi connectivity index (χ0v) is 9.89. The van der Waals surface area contributed by atoms with Crippen molar-refractivity contribution in [1.29, 1.82) is 0 Å². The van der Waals surface area contributed by atoms with E-state index in [1.807, 2.05) is 0 Å². The predicted octanol–water partition coefficient (Wildman–Crippen LogP) is 2.21. The lowest BCUT2D eigenvalue weighted by Gasteiger charge is -2.02. The van der Waals surface area contributed by atoms with E-state index in [1.54, 1.807) is 18.2 Å². The minimum atomic E-state index is -0.397. The molecule has 0 unspecified atom stereocenters. The van der Waals surface area contributed by atoms with Crippen LogP contribution in [0, 0.1) is 10.1 Å².